The maximum absolute atomic E-state index is 12.3. The van der Waals surface area contributed by atoms with Crippen molar-refractivity contribution in [3.63, 3.8) is 0 Å². The van der Waals surface area contributed by atoms with Crippen molar-refractivity contribution >= 4 is 5.78 Å². The fraction of sp³-hybridized carbons (Fsp3) is 0.500. The summed E-state index contributed by atoms with van der Waals surface area (Å²) in [6.45, 7) is 5.22. The zero-order chi connectivity index (χ0) is 13.8. The molecule has 0 N–H and O–H groups in total. The quantitative estimate of drug-likeness (QED) is 0.735. The molecule has 1 aromatic rings. The number of ketones is 1. The molecule has 3 nitrogen and oxygen atoms in total. The van der Waals surface area contributed by atoms with Crippen LogP contribution in [0.5, 0.6) is 0 Å². The summed E-state index contributed by atoms with van der Waals surface area (Å²) in [5, 5.41) is 8.67. The third-order valence-electron chi connectivity index (χ3n) is 3.75. The molecule has 1 fully saturated rings. The Morgan fingerprint density at radius 3 is 2.68 bits per heavy atom. The van der Waals surface area contributed by atoms with Crippen LogP contribution in [-0.2, 0) is 0 Å². The normalized spacial score (nSPS) is 14.4. The van der Waals surface area contributed by atoms with Gasteiger partial charge in [0.1, 0.15) is 0 Å². The van der Waals surface area contributed by atoms with Crippen molar-refractivity contribution in [2.75, 3.05) is 13.1 Å². The Morgan fingerprint density at radius 1 is 1.37 bits per heavy atom. The van der Waals surface area contributed by atoms with Gasteiger partial charge >= 0.3 is 0 Å². The molecular weight excluding hydrogens is 236 g/mol. The number of aryl methyl sites for hydroxylation is 2. The minimum Gasteiger partial charge on any atom is -0.293 e. The van der Waals surface area contributed by atoms with Crippen molar-refractivity contribution in [3.05, 3.63) is 34.9 Å². The highest BCUT2D eigenvalue weighted by Crippen LogP contribution is 2.27. The fourth-order valence-corrected chi connectivity index (χ4v) is 2.21. The first-order valence-corrected chi connectivity index (χ1v) is 6.83. The smallest absolute Gasteiger partial charge is 0.176 e. The van der Waals surface area contributed by atoms with Crippen LogP contribution in [0.3, 0.4) is 0 Å². The van der Waals surface area contributed by atoms with Crippen LogP contribution in [-0.4, -0.2) is 29.8 Å². The number of benzene rings is 1. The Morgan fingerprint density at radius 2 is 2.11 bits per heavy atom. The van der Waals surface area contributed by atoms with Gasteiger partial charge in [-0.25, -0.2) is 0 Å². The second-order valence-corrected chi connectivity index (χ2v) is 5.33. The van der Waals surface area contributed by atoms with Crippen LogP contribution in [0, 0.1) is 25.2 Å². The molecule has 0 bridgehead atoms. The molecule has 0 atom stereocenters. The first-order valence-electron chi connectivity index (χ1n) is 6.83. The van der Waals surface area contributed by atoms with Crippen molar-refractivity contribution in [2.45, 2.75) is 39.2 Å². The predicted molar refractivity (Wildman–Crippen MR) is 75.1 cm³/mol. The highest BCUT2D eigenvalue weighted by Gasteiger charge is 2.30. The average molecular weight is 256 g/mol. The van der Waals surface area contributed by atoms with Crippen LogP contribution in [0.4, 0.5) is 0 Å². The van der Waals surface area contributed by atoms with E-state index in [0.717, 1.165) is 24.0 Å². The molecule has 0 radical (unpaired) electrons. The van der Waals surface area contributed by atoms with Gasteiger partial charge in [-0.05, 0) is 43.9 Å². The SMILES string of the molecule is Cc1ccc(C(=O)CN(CCC#N)C2CC2)cc1C. The molecule has 19 heavy (non-hydrogen) atoms. The number of Topliss-reactive ketones (excluding diaryl/α,β-unsaturated/α-hetero) is 1. The van der Waals surface area contributed by atoms with E-state index in [-0.39, 0.29) is 5.78 Å². The number of carbonyl (C=O) groups excluding carboxylic acids is 1. The van der Waals surface area contributed by atoms with Gasteiger partial charge in [0, 0.05) is 24.6 Å². The molecule has 0 aromatic heterocycles. The molecule has 0 saturated heterocycles. The van der Waals surface area contributed by atoms with E-state index in [2.05, 4.69) is 11.0 Å². The second-order valence-electron chi connectivity index (χ2n) is 5.33. The number of nitriles is 1. The zero-order valence-electron chi connectivity index (χ0n) is 11.6. The first kappa shape index (κ1) is 13.8. The zero-order valence-corrected chi connectivity index (χ0v) is 11.6. The Kier molecular flexibility index (Phi) is 4.34. The molecule has 1 aromatic carbocycles. The molecule has 0 amide bonds. The second kappa shape index (κ2) is 5.99. The van der Waals surface area contributed by atoms with Crippen LogP contribution >= 0.6 is 0 Å². The van der Waals surface area contributed by atoms with Gasteiger partial charge in [0.05, 0.1) is 12.6 Å². The van der Waals surface area contributed by atoms with Crippen molar-refractivity contribution in [2.24, 2.45) is 0 Å². The van der Waals surface area contributed by atoms with E-state index in [0.29, 0.717) is 25.6 Å². The Hall–Kier alpha value is -1.66. The summed E-state index contributed by atoms with van der Waals surface area (Å²) in [4.78, 5) is 14.4. The number of nitrogens with zero attached hydrogens (tertiary/aromatic N) is 2. The monoisotopic (exact) mass is 256 g/mol. The summed E-state index contributed by atoms with van der Waals surface area (Å²) in [6, 6.07) is 8.54. The lowest BCUT2D eigenvalue weighted by molar-refractivity contribution is 0.0926. The first-order chi connectivity index (χ1) is 9.11. The Labute approximate surface area is 114 Å². The minimum atomic E-state index is 0.160. The van der Waals surface area contributed by atoms with Crippen molar-refractivity contribution in [3.8, 4) is 6.07 Å². The van der Waals surface area contributed by atoms with Crippen molar-refractivity contribution in [1.29, 1.82) is 5.26 Å². The van der Waals surface area contributed by atoms with Crippen molar-refractivity contribution < 1.29 is 4.79 Å². The van der Waals surface area contributed by atoms with E-state index in [1.807, 2.05) is 32.0 Å². The van der Waals surface area contributed by atoms with Gasteiger partial charge < -0.3 is 0 Å². The number of hydrogen-bond acceptors (Lipinski definition) is 3. The van der Waals surface area contributed by atoms with Gasteiger partial charge in [-0.2, -0.15) is 5.26 Å². The van der Waals surface area contributed by atoms with Crippen LogP contribution < -0.4 is 0 Å². The van der Waals surface area contributed by atoms with Gasteiger partial charge in [0.2, 0.25) is 0 Å². The van der Waals surface area contributed by atoms with E-state index in [1.165, 1.54) is 5.56 Å². The van der Waals surface area contributed by atoms with E-state index < -0.39 is 0 Å². The van der Waals surface area contributed by atoms with Gasteiger partial charge in [0.25, 0.3) is 0 Å². The van der Waals surface area contributed by atoms with Gasteiger partial charge in [-0.3, -0.25) is 9.69 Å². The molecule has 1 aliphatic carbocycles. The maximum Gasteiger partial charge on any atom is 0.176 e. The lowest BCUT2D eigenvalue weighted by Gasteiger charge is -2.19. The average Bonchev–Trinajstić information content (AvgIpc) is 3.21. The van der Waals surface area contributed by atoms with E-state index >= 15 is 0 Å². The number of rotatable bonds is 6. The predicted octanol–water partition coefficient (Wildman–Crippen LogP) is 2.86. The van der Waals surface area contributed by atoms with E-state index in [9.17, 15) is 4.79 Å². The molecule has 0 heterocycles. The summed E-state index contributed by atoms with van der Waals surface area (Å²) in [7, 11) is 0. The number of hydrogen-bond donors (Lipinski definition) is 0. The molecular formula is C16H20N2O. The van der Waals surface area contributed by atoms with Gasteiger partial charge in [0.15, 0.2) is 5.78 Å². The summed E-state index contributed by atoms with van der Waals surface area (Å²) in [5.41, 5.74) is 3.15. The lowest BCUT2D eigenvalue weighted by atomic mass is 10.0. The summed E-state index contributed by atoms with van der Waals surface area (Å²) in [6.07, 6.45) is 2.81. The van der Waals surface area contributed by atoms with Gasteiger partial charge in [-0.15, -0.1) is 0 Å². The third kappa shape index (κ3) is 3.65. The third-order valence-corrected chi connectivity index (χ3v) is 3.75. The molecule has 1 saturated carbocycles. The molecule has 3 heteroatoms. The standard InChI is InChI=1S/C16H20N2O/c1-12-4-5-14(10-13(12)2)16(19)11-18(9-3-8-17)15-6-7-15/h4-5,10,15H,3,6-7,9,11H2,1-2H3. The van der Waals surface area contributed by atoms with E-state index in [4.69, 9.17) is 5.26 Å². The Bertz CT molecular complexity index is 512. The van der Waals surface area contributed by atoms with E-state index in [1.54, 1.807) is 0 Å². The molecule has 100 valence electrons. The largest absolute Gasteiger partial charge is 0.293 e. The lowest BCUT2D eigenvalue weighted by Crippen LogP contribution is -2.32. The van der Waals surface area contributed by atoms with Crippen LogP contribution in [0.1, 0.15) is 40.7 Å². The van der Waals surface area contributed by atoms with Crippen LogP contribution in [0.2, 0.25) is 0 Å². The Balaban J connectivity index is 2.02. The van der Waals surface area contributed by atoms with Crippen molar-refractivity contribution in [1.82, 2.24) is 4.90 Å². The molecule has 0 spiro atoms. The molecule has 0 aliphatic heterocycles. The minimum absolute atomic E-state index is 0.160. The maximum atomic E-state index is 12.3. The molecule has 1 aliphatic rings. The molecule has 2 rings (SSSR count). The highest BCUT2D eigenvalue weighted by atomic mass is 16.1. The highest BCUT2D eigenvalue weighted by molar-refractivity contribution is 5.97. The van der Waals surface area contributed by atoms with Crippen LogP contribution in [0.15, 0.2) is 18.2 Å². The topological polar surface area (TPSA) is 44.1 Å². The number of carbonyl (C=O) groups is 1. The summed E-state index contributed by atoms with van der Waals surface area (Å²) >= 11 is 0. The summed E-state index contributed by atoms with van der Waals surface area (Å²) in [5.74, 6) is 0.160. The molecule has 0 unspecified atom stereocenters. The van der Waals surface area contributed by atoms with Gasteiger partial charge in [-0.1, -0.05) is 12.1 Å². The summed E-state index contributed by atoms with van der Waals surface area (Å²) < 4.78 is 0. The van der Waals surface area contributed by atoms with Crippen LogP contribution in [0.25, 0.3) is 0 Å². The fourth-order valence-electron chi connectivity index (χ4n) is 2.21.